The molecule has 0 amide bonds. The summed E-state index contributed by atoms with van der Waals surface area (Å²) in [6.45, 7) is 4.50. The van der Waals surface area contributed by atoms with Crippen LogP contribution in [0, 0.1) is 28.6 Å². The van der Waals surface area contributed by atoms with E-state index in [1.807, 2.05) is 0 Å². The molecule has 6 unspecified atom stereocenters. The van der Waals surface area contributed by atoms with Gasteiger partial charge in [0.25, 0.3) is 0 Å². The number of hydrogen-bond donors (Lipinski definition) is 0. The third-order valence-electron chi connectivity index (χ3n) is 11.2. The Labute approximate surface area is 181 Å². The Balaban J connectivity index is 1.37. The number of esters is 2. The smallest absolute Gasteiger partial charge is 0.309 e. The van der Waals surface area contributed by atoms with Crippen molar-refractivity contribution in [2.45, 2.75) is 94.2 Å². The van der Waals surface area contributed by atoms with Gasteiger partial charge in [-0.15, -0.1) is 0 Å². The van der Waals surface area contributed by atoms with Crippen LogP contribution in [0.15, 0.2) is 0 Å². The second kappa shape index (κ2) is 5.19. The molecular weight excluding hydrogens is 400 g/mol. The summed E-state index contributed by atoms with van der Waals surface area (Å²) < 4.78 is 24.2. The van der Waals surface area contributed by atoms with Gasteiger partial charge in [-0.25, -0.2) is 0 Å². The van der Waals surface area contributed by atoms with E-state index in [0.29, 0.717) is 19.3 Å². The zero-order valence-corrected chi connectivity index (χ0v) is 18.4. The monoisotopic (exact) mass is 430 g/mol. The number of ether oxygens (including phenoxy) is 4. The summed E-state index contributed by atoms with van der Waals surface area (Å²) in [4.78, 5) is 37.9. The molecule has 7 nitrogen and oxygen atoms in total. The van der Waals surface area contributed by atoms with Crippen LogP contribution < -0.4 is 0 Å². The highest BCUT2D eigenvalue weighted by atomic mass is 16.6. The standard InChI is InChI=1S/C24H30O7/c1-20-11-15-24(29-15)17(13(20)4-8-22(20)9-6-16(26)30-22)12(19(27)28-3)10-23-18(31-23)14(25)5-7-21(23,24)2/h12-13,15,17-18H,4-11H2,1-3H3/t12?,13?,15?,17?,18-,20-,21-,22?,23?,24-/m0/s1. The van der Waals surface area contributed by atoms with E-state index in [1.54, 1.807) is 0 Å². The van der Waals surface area contributed by atoms with Crippen molar-refractivity contribution in [1.29, 1.82) is 0 Å². The molecule has 3 aliphatic heterocycles. The largest absolute Gasteiger partial charge is 0.469 e. The first kappa shape index (κ1) is 19.0. The maximum absolute atomic E-state index is 13.2. The number of ketones is 1. The minimum Gasteiger partial charge on any atom is -0.469 e. The van der Waals surface area contributed by atoms with Crippen molar-refractivity contribution < 1.29 is 33.3 Å². The van der Waals surface area contributed by atoms with Gasteiger partial charge in [-0.05, 0) is 44.4 Å². The molecule has 7 heteroatoms. The first-order valence-corrected chi connectivity index (χ1v) is 11.9. The van der Waals surface area contributed by atoms with Crippen LogP contribution in [0.1, 0.15) is 65.2 Å². The van der Waals surface area contributed by atoms with Gasteiger partial charge in [-0.2, -0.15) is 0 Å². The van der Waals surface area contributed by atoms with E-state index in [4.69, 9.17) is 18.9 Å². The molecule has 0 aromatic rings. The normalized spacial score (nSPS) is 60.3. The quantitative estimate of drug-likeness (QED) is 0.465. The Morgan fingerprint density at radius 3 is 2.58 bits per heavy atom. The topological polar surface area (TPSA) is 94.7 Å². The van der Waals surface area contributed by atoms with Crippen LogP contribution in [-0.4, -0.2) is 53.8 Å². The predicted molar refractivity (Wildman–Crippen MR) is 105 cm³/mol. The van der Waals surface area contributed by atoms with Crippen molar-refractivity contribution in [3.05, 3.63) is 0 Å². The molecule has 0 bridgehead atoms. The SMILES string of the molecule is COC(=O)C1CC23O[C@H]2C(=O)CC[C@]3(C)[C@]23OC2C[C@@]2(C)C(CCC24CCC(=O)O4)C13. The third kappa shape index (κ3) is 1.77. The Bertz CT molecular complexity index is 946. The van der Waals surface area contributed by atoms with Crippen LogP contribution >= 0.6 is 0 Å². The summed E-state index contributed by atoms with van der Waals surface area (Å²) in [5.74, 6) is -0.325. The maximum atomic E-state index is 13.2. The highest BCUT2D eigenvalue weighted by Gasteiger charge is 2.91. The molecule has 7 fully saturated rings. The molecule has 168 valence electrons. The molecule has 7 rings (SSSR count). The van der Waals surface area contributed by atoms with Crippen molar-refractivity contribution >= 4 is 17.7 Å². The number of carbonyl (C=O) groups is 3. The zero-order chi connectivity index (χ0) is 21.6. The average molecular weight is 430 g/mol. The lowest BCUT2D eigenvalue weighted by Gasteiger charge is -2.59. The van der Waals surface area contributed by atoms with Crippen molar-refractivity contribution in [2.24, 2.45) is 28.6 Å². The molecule has 7 aliphatic rings. The van der Waals surface area contributed by atoms with Gasteiger partial charge in [-0.1, -0.05) is 13.8 Å². The molecule has 31 heavy (non-hydrogen) atoms. The predicted octanol–water partition coefficient (Wildman–Crippen LogP) is 2.34. The second-order valence-electron chi connectivity index (χ2n) is 11.7. The van der Waals surface area contributed by atoms with Gasteiger partial charge in [0, 0.05) is 29.6 Å². The summed E-state index contributed by atoms with van der Waals surface area (Å²) in [5.41, 5.74) is -2.00. The number of methoxy groups -OCH3 is 1. The Hall–Kier alpha value is -1.47. The molecule has 4 saturated carbocycles. The fourth-order valence-corrected chi connectivity index (χ4v) is 9.63. The molecule has 4 aliphatic carbocycles. The molecule has 10 atom stereocenters. The fourth-order valence-electron chi connectivity index (χ4n) is 9.63. The maximum Gasteiger partial charge on any atom is 0.309 e. The van der Waals surface area contributed by atoms with Gasteiger partial charge in [0.05, 0.1) is 19.1 Å². The molecule has 0 aromatic carbocycles. The highest BCUT2D eigenvalue weighted by molar-refractivity contribution is 5.89. The molecule has 3 spiro atoms. The molecule has 0 radical (unpaired) electrons. The summed E-state index contributed by atoms with van der Waals surface area (Å²) in [7, 11) is 1.44. The number of epoxide rings is 2. The van der Waals surface area contributed by atoms with Crippen LogP contribution in [-0.2, 0) is 33.3 Å². The first-order chi connectivity index (χ1) is 14.7. The molecule has 0 aromatic heterocycles. The second-order valence-corrected chi connectivity index (χ2v) is 11.7. The molecule has 3 heterocycles. The summed E-state index contributed by atoms with van der Waals surface area (Å²) in [5, 5.41) is 0. The van der Waals surface area contributed by atoms with Gasteiger partial charge in [0.15, 0.2) is 5.78 Å². The minimum atomic E-state index is -0.601. The van der Waals surface area contributed by atoms with Crippen LogP contribution in [0.5, 0.6) is 0 Å². The zero-order valence-electron chi connectivity index (χ0n) is 18.4. The highest BCUT2D eigenvalue weighted by Crippen LogP contribution is 2.82. The average Bonchev–Trinajstić information content (AvgIpc) is 3.59. The van der Waals surface area contributed by atoms with Gasteiger partial charge < -0.3 is 18.9 Å². The summed E-state index contributed by atoms with van der Waals surface area (Å²) in [6.07, 6.45) is 5.22. The number of hydrogen-bond acceptors (Lipinski definition) is 7. The van der Waals surface area contributed by atoms with Crippen molar-refractivity contribution in [3.8, 4) is 0 Å². The van der Waals surface area contributed by atoms with Crippen LogP contribution in [0.4, 0.5) is 0 Å². The lowest BCUT2D eigenvalue weighted by molar-refractivity contribution is -0.184. The van der Waals surface area contributed by atoms with E-state index in [-0.39, 0.29) is 52.4 Å². The minimum absolute atomic E-state index is 0.000380. The Kier molecular flexibility index (Phi) is 3.19. The van der Waals surface area contributed by atoms with Crippen molar-refractivity contribution in [1.82, 2.24) is 0 Å². The third-order valence-corrected chi connectivity index (χ3v) is 11.2. The summed E-state index contributed by atoms with van der Waals surface area (Å²) >= 11 is 0. The van der Waals surface area contributed by atoms with E-state index in [0.717, 1.165) is 32.1 Å². The molecular formula is C24H30O7. The first-order valence-electron chi connectivity index (χ1n) is 11.9. The van der Waals surface area contributed by atoms with E-state index in [2.05, 4.69) is 13.8 Å². The number of fused-ring (bicyclic) bond motifs is 3. The van der Waals surface area contributed by atoms with Crippen LogP contribution in [0.3, 0.4) is 0 Å². The van der Waals surface area contributed by atoms with Crippen LogP contribution in [0.25, 0.3) is 0 Å². The van der Waals surface area contributed by atoms with Gasteiger partial charge in [-0.3, -0.25) is 14.4 Å². The van der Waals surface area contributed by atoms with Crippen molar-refractivity contribution in [2.75, 3.05) is 7.11 Å². The van der Waals surface area contributed by atoms with Crippen LogP contribution in [0.2, 0.25) is 0 Å². The number of Topliss-reactive ketones (excluding diaryl/α,β-unsaturated/α-hetero) is 1. The van der Waals surface area contributed by atoms with E-state index in [1.165, 1.54) is 7.11 Å². The van der Waals surface area contributed by atoms with E-state index < -0.39 is 22.9 Å². The molecule has 0 N–H and O–H groups in total. The van der Waals surface area contributed by atoms with E-state index in [9.17, 15) is 14.4 Å². The van der Waals surface area contributed by atoms with Crippen molar-refractivity contribution in [3.63, 3.8) is 0 Å². The van der Waals surface area contributed by atoms with Gasteiger partial charge in [0.1, 0.15) is 22.9 Å². The Morgan fingerprint density at radius 1 is 1.06 bits per heavy atom. The lowest BCUT2D eigenvalue weighted by atomic mass is 9.41. The van der Waals surface area contributed by atoms with Gasteiger partial charge in [0.2, 0.25) is 0 Å². The number of rotatable bonds is 1. The fraction of sp³-hybridized carbons (Fsp3) is 0.875. The lowest BCUT2D eigenvalue weighted by Crippen LogP contribution is -2.68. The summed E-state index contributed by atoms with van der Waals surface area (Å²) in [6, 6.07) is 0. The molecule has 3 saturated heterocycles. The van der Waals surface area contributed by atoms with Gasteiger partial charge >= 0.3 is 11.9 Å². The van der Waals surface area contributed by atoms with E-state index >= 15 is 0 Å². The Morgan fingerprint density at radius 2 is 1.87 bits per heavy atom. The number of carbonyl (C=O) groups excluding carboxylic acids is 3.